The summed E-state index contributed by atoms with van der Waals surface area (Å²) >= 11 is 10.5. The van der Waals surface area contributed by atoms with Gasteiger partial charge in [-0.1, -0.05) is 12.1 Å². The predicted octanol–water partition coefficient (Wildman–Crippen LogP) is 5.17. The number of rotatable bonds is 0. The van der Waals surface area contributed by atoms with E-state index in [4.69, 9.17) is 0 Å². The molecule has 0 radical (unpaired) electrons. The number of benzene rings is 2. The molecule has 0 aromatic heterocycles. The predicted molar refractivity (Wildman–Crippen MR) is 79.0 cm³/mol. The van der Waals surface area contributed by atoms with E-state index >= 15 is 0 Å². The fraction of sp³-hybridized carbons (Fsp3) is 0. The number of anilines is 1. The van der Waals surface area contributed by atoms with Gasteiger partial charge in [-0.2, -0.15) is 0 Å². The molecule has 0 saturated heterocycles. The van der Waals surface area contributed by atoms with Crippen molar-refractivity contribution in [2.24, 2.45) is 4.99 Å². The number of hydrogen-bond donors (Lipinski definition) is 1. The minimum Gasteiger partial charge on any atom is -0.334 e. The van der Waals surface area contributed by atoms with Gasteiger partial charge in [0.25, 0.3) is 0 Å². The minimum absolute atomic E-state index is 0.738. The summed E-state index contributed by atoms with van der Waals surface area (Å²) in [6, 6.07) is 8.14. The van der Waals surface area contributed by atoms with Crippen molar-refractivity contribution in [3.05, 3.63) is 33.2 Å². The van der Waals surface area contributed by atoms with E-state index in [-0.39, 0.29) is 0 Å². The van der Waals surface area contributed by atoms with Crippen molar-refractivity contribution < 1.29 is 0 Å². The number of halogens is 3. The zero-order valence-corrected chi connectivity index (χ0v) is 12.6. The molecule has 2 aromatic rings. The van der Waals surface area contributed by atoms with Crippen LogP contribution < -0.4 is 5.32 Å². The second-order valence-electron chi connectivity index (χ2n) is 3.45. The third-order valence-electron chi connectivity index (χ3n) is 2.49. The number of aliphatic imine (C=N–C) groups is 1. The Morgan fingerprint density at radius 3 is 2.75 bits per heavy atom. The Morgan fingerprint density at radius 1 is 1.12 bits per heavy atom. The second-order valence-corrected chi connectivity index (χ2v) is 5.85. The van der Waals surface area contributed by atoms with E-state index in [9.17, 15) is 0 Å². The Labute approximate surface area is 118 Å². The molecule has 1 heterocycles. The molecule has 0 amide bonds. The summed E-state index contributed by atoms with van der Waals surface area (Å²) in [5.74, 6) is 0. The molecule has 3 rings (SSSR count). The molecule has 1 aliphatic heterocycles. The molecule has 2 aromatic carbocycles. The van der Waals surface area contributed by atoms with Gasteiger partial charge in [-0.25, -0.2) is 4.99 Å². The van der Waals surface area contributed by atoms with Gasteiger partial charge in [-0.3, -0.25) is 0 Å². The summed E-state index contributed by atoms with van der Waals surface area (Å²) < 4.78 is 2.83. The Kier molecular flexibility index (Phi) is 2.57. The van der Waals surface area contributed by atoms with Crippen LogP contribution in [0.15, 0.2) is 38.2 Å². The van der Waals surface area contributed by atoms with E-state index in [2.05, 4.69) is 64.2 Å². The van der Waals surface area contributed by atoms with Gasteiger partial charge in [0.1, 0.15) is 0 Å². The van der Waals surface area contributed by atoms with Crippen LogP contribution in [0.3, 0.4) is 0 Å². The van der Waals surface area contributed by atoms with Crippen molar-refractivity contribution in [1.29, 1.82) is 0 Å². The first kappa shape index (κ1) is 10.7. The van der Waals surface area contributed by atoms with Crippen LogP contribution in [0.2, 0.25) is 0 Å². The lowest BCUT2D eigenvalue weighted by atomic mass is 10.1. The van der Waals surface area contributed by atoms with Crippen LogP contribution >= 0.6 is 47.8 Å². The Morgan fingerprint density at radius 2 is 1.94 bits per heavy atom. The van der Waals surface area contributed by atoms with Crippen LogP contribution in [-0.4, -0.2) is 4.74 Å². The Hall–Kier alpha value is -0.390. The summed E-state index contributed by atoms with van der Waals surface area (Å²) in [5, 5.41) is 5.50. The average molecular weight is 405 g/mol. The summed E-state index contributed by atoms with van der Waals surface area (Å²) in [4.78, 5) is 4.42. The maximum Gasteiger partial charge on any atom is 0.175 e. The van der Waals surface area contributed by atoms with Crippen molar-refractivity contribution in [1.82, 2.24) is 0 Å². The summed E-state index contributed by atoms with van der Waals surface area (Å²) in [6.07, 6.45) is 0. The molecule has 0 atom stereocenters. The molecule has 0 fully saturated rings. The third-order valence-corrected chi connectivity index (χ3v) is 4.87. The highest BCUT2D eigenvalue weighted by Crippen LogP contribution is 2.43. The van der Waals surface area contributed by atoms with E-state index in [1.54, 1.807) is 0 Å². The van der Waals surface area contributed by atoms with Crippen molar-refractivity contribution in [3.63, 3.8) is 0 Å². The van der Waals surface area contributed by atoms with Crippen molar-refractivity contribution in [3.8, 4) is 0 Å². The molecule has 0 spiro atoms. The van der Waals surface area contributed by atoms with Gasteiger partial charge in [0, 0.05) is 19.7 Å². The number of hydrogen-bond acceptors (Lipinski definition) is 2. The number of nitrogens with zero attached hydrogens (tertiary/aromatic N) is 1. The third kappa shape index (κ3) is 1.53. The van der Waals surface area contributed by atoms with Gasteiger partial charge in [-0.15, -0.1) is 0 Å². The van der Waals surface area contributed by atoms with Gasteiger partial charge in [0.15, 0.2) is 4.74 Å². The standard InChI is InChI=1S/C11H5Br3N2/c12-6-4-8-9-5(10(6)13)2-1-3-7(9)15-11(14)16-8/h1-4H,(H,15,16). The SMILES string of the molecule is BrC1=Nc2cccc3c(Br)c(Br)cc(c23)N1. The molecule has 0 unspecified atom stereocenters. The maximum atomic E-state index is 4.42. The summed E-state index contributed by atoms with van der Waals surface area (Å²) in [7, 11) is 0. The summed E-state index contributed by atoms with van der Waals surface area (Å²) in [5.41, 5.74) is 2.04. The van der Waals surface area contributed by atoms with Gasteiger partial charge >= 0.3 is 0 Å². The smallest absolute Gasteiger partial charge is 0.175 e. The quantitative estimate of drug-likeness (QED) is 0.601. The van der Waals surface area contributed by atoms with E-state index in [0.717, 1.165) is 35.8 Å². The lowest BCUT2D eigenvalue weighted by Gasteiger charge is -2.17. The van der Waals surface area contributed by atoms with E-state index in [0.29, 0.717) is 0 Å². The van der Waals surface area contributed by atoms with Crippen molar-refractivity contribution in [2.45, 2.75) is 0 Å². The number of nitrogens with one attached hydrogen (secondary N) is 1. The summed E-state index contributed by atoms with van der Waals surface area (Å²) in [6.45, 7) is 0. The Balaban J connectivity index is 2.52. The van der Waals surface area contributed by atoms with Crippen LogP contribution in [0.4, 0.5) is 11.4 Å². The van der Waals surface area contributed by atoms with E-state index in [1.165, 1.54) is 0 Å². The van der Waals surface area contributed by atoms with Crippen LogP contribution in [0.1, 0.15) is 0 Å². The molecule has 1 N–H and O–H groups in total. The molecular formula is C11H5Br3N2. The highest BCUT2D eigenvalue weighted by Gasteiger charge is 2.16. The van der Waals surface area contributed by atoms with E-state index in [1.807, 2.05) is 18.2 Å². The van der Waals surface area contributed by atoms with Crippen molar-refractivity contribution in [2.75, 3.05) is 5.32 Å². The first-order valence-electron chi connectivity index (χ1n) is 4.59. The van der Waals surface area contributed by atoms with E-state index < -0.39 is 0 Å². The van der Waals surface area contributed by atoms with Crippen LogP contribution in [0.25, 0.3) is 10.8 Å². The molecule has 0 aliphatic carbocycles. The molecule has 2 nitrogen and oxygen atoms in total. The monoisotopic (exact) mass is 402 g/mol. The molecule has 0 saturated carbocycles. The fourth-order valence-corrected chi connectivity index (χ4v) is 3.13. The molecule has 5 heteroatoms. The zero-order chi connectivity index (χ0) is 11.3. The second kappa shape index (κ2) is 3.82. The number of amidine groups is 1. The van der Waals surface area contributed by atoms with Gasteiger partial charge in [-0.05, 0) is 59.9 Å². The van der Waals surface area contributed by atoms with Crippen molar-refractivity contribution >= 4 is 74.7 Å². The highest BCUT2D eigenvalue weighted by molar-refractivity contribution is 9.18. The molecule has 0 bridgehead atoms. The maximum absolute atomic E-state index is 4.42. The average Bonchev–Trinajstić information content (AvgIpc) is 2.25. The first-order valence-corrected chi connectivity index (χ1v) is 6.96. The molecule has 16 heavy (non-hydrogen) atoms. The zero-order valence-electron chi connectivity index (χ0n) is 7.89. The van der Waals surface area contributed by atoms with Crippen LogP contribution in [0.5, 0.6) is 0 Å². The van der Waals surface area contributed by atoms with Gasteiger partial charge in [0.2, 0.25) is 0 Å². The van der Waals surface area contributed by atoms with Gasteiger partial charge in [0.05, 0.1) is 11.4 Å². The molecular weight excluding hydrogens is 400 g/mol. The molecule has 1 aliphatic rings. The largest absolute Gasteiger partial charge is 0.334 e. The van der Waals surface area contributed by atoms with Crippen LogP contribution in [-0.2, 0) is 0 Å². The highest BCUT2D eigenvalue weighted by atomic mass is 79.9. The lowest BCUT2D eigenvalue weighted by Crippen LogP contribution is -2.07. The minimum atomic E-state index is 0.738. The first-order chi connectivity index (χ1) is 7.66. The van der Waals surface area contributed by atoms with Gasteiger partial charge < -0.3 is 5.32 Å². The topological polar surface area (TPSA) is 24.4 Å². The normalized spacial score (nSPS) is 13.6. The van der Waals surface area contributed by atoms with Crippen LogP contribution in [0, 0.1) is 0 Å². The molecule has 80 valence electrons. The Bertz CT molecular complexity index is 635. The fourth-order valence-electron chi connectivity index (χ4n) is 1.83. The lowest BCUT2D eigenvalue weighted by molar-refractivity contribution is 1.50.